The lowest BCUT2D eigenvalue weighted by Crippen LogP contribution is -1.98. The van der Waals surface area contributed by atoms with Crippen molar-refractivity contribution in [3.63, 3.8) is 0 Å². The van der Waals surface area contributed by atoms with Crippen LogP contribution in [0.1, 0.15) is 78.1 Å². The lowest BCUT2D eigenvalue weighted by molar-refractivity contribution is 0.179. The van der Waals surface area contributed by atoms with Crippen molar-refractivity contribution >= 4 is 0 Å². The molecule has 0 saturated heterocycles. The third-order valence-electron chi connectivity index (χ3n) is 3.06. The second-order valence-corrected chi connectivity index (χ2v) is 5.55. The van der Waals surface area contributed by atoms with Gasteiger partial charge in [0, 0.05) is 13.2 Å². The quantitative estimate of drug-likeness (QED) is 0.417. The summed E-state index contributed by atoms with van der Waals surface area (Å²) in [6.07, 6.45) is 9.87. The van der Waals surface area contributed by atoms with Gasteiger partial charge < -0.3 is 20.4 Å². The molecule has 0 heterocycles. The Morgan fingerprint density at radius 1 is 0.550 bits per heavy atom. The summed E-state index contributed by atoms with van der Waals surface area (Å²) >= 11 is 0. The Morgan fingerprint density at radius 3 is 1.10 bits per heavy atom. The maximum Gasteiger partial charge on any atom is 0.0512 e. The van der Waals surface area contributed by atoms with Crippen LogP contribution in [0, 0.1) is 0 Å². The molecule has 0 saturated carbocycles. The van der Waals surface area contributed by atoms with Crippen LogP contribution in [0.5, 0.6) is 0 Å². The van der Waals surface area contributed by atoms with Crippen LogP contribution in [0.4, 0.5) is 0 Å². The molecule has 4 N–H and O–H groups in total. The van der Waals surface area contributed by atoms with Crippen molar-refractivity contribution in [3.05, 3.63) is 0 Å². The van der Waals surface area contributed by atoms with Crippen LogP contribution in [0.2, 0.25) is 0 Å². The predicted octanol–water partition coefficient (Wildman–Crippen LogP) is 2.62. The lowest BCUT2D eigenvalue weighted by atomic mass is 10.1. The number of hydrogen-bond donors (Lipinski definition) is 4. The summed E-state index contributed by atoms with van der Waals surface area (Å²) in [6.45, 7) is 4.22. The normalized spacial score (nSPS) is 13.5. The van der Waals surface area contributed by atoms with Crippen LogP contribution < -0.4 is 0 Å². The molecule has 0 aromatic heterocycles. The Hall–Kier alpha value is -0.160. The molecule has 0 bridgehead atoms. The summed E-state index contributed by atoms with van der Waals surface area (Å²) in [5.74, 6) is 0. The third kappa shape index (κ3) is 26.4. The molecular weight excluding hydrogens is 256 g/mol. The van der Waals surface area contributed by atoms with Gasteiger partial charge in [-0.3, -0.25) is 0 Å². The van der Waals surface area contributed by atoms with Crippen molar-refractivity contribution in [1.29, 1.82) is 0 Å². The topological polar surface area (TPSA) is 80.9 Å². The molecule has 4 heteroatoms. The minimum Gasteiger partial charge on any atom is -0.396 e. The van der Waals surface area contributed by atoms with Gasteiger partial charge in [-0.15, -0.1) is 0 Å². The van der Waals surface area contributed by atoms with Crippen molar-refractivity contribution in [2.24, 2.45) is 0 Å². The van der Waals surface area contributed by atoms with Crippen LogP contribution in [0.15, 0.2) is 0 Å². The van der Waals surface area contributed by atoms with E-state index in [1.54, 1.807) is 0 Å². The first-order valence-electron chi connectivity index (χ1n) is 8.12. The molecule has 2 unspecified atom stereocenters. The largest absolute Gasteiger partial charge is 0.396 e. The van der Waals surface area contributed by atoms with Gasteiger partial charge in [-0.05, 0) is 39.5 Å². The van der Waals surface area contributed by atoms with Gasteiger partial charge in [0.25, 0.3) is 0 Å². The van der Waals surface area contributed by atoms with Crippen molar-refractivity contribution in [2.45, 2.75) is 90.3 Å². The third-order valence-corrected chi connectivity index (χ3v) is 3.06. The van der Waals surface area contributed by atoms with E-state index >= 15 is 0 Å². The van der Waals surface area contributed by atoms with E-state index in [1.807, 2.05) is 13.8 Å². The molecule has 0 amide bonds. The Bertz CT molecular complexity index is 143. The molecule has 0 spiro atoms. The molecule has 2 atom stereocenters. The first kappa shape index (κ1) is 22.1. The van der Waals surface area contributed by atoms with Crippen LogP contribution >= 0.6 is 0 Å². The standard InChI is InChI=1S/2C8H18O2/c2*1-8(10)6-4-2-3-5-7-9/h2*8-10H,2-7H2,1H3. The van der Waals surface area contributed by atoms with Gasteiger partial charge >= 0.3 is 0 Å². The number of aliphatic hydroxyl groups excluding tert-OH is 4. The van der Waals surface area contributed by atoms with Crippen LogP contribution in [-0.2, 0) is 0 Å². The molecule has 0 radical (unpaired) electrons. The second kappa shape index (κ2) is 18.8. The minimum absolute atomic E-state index is 0.158. The van der Waals surface area contributed by atoms with E-state index in [2.05, 4.69) is 0 Å². The fourth-order valence-corrected chi connectivity index (χ4v) is 1.81. The van der Waals surface area contributed by atoms with E-state index < -0.39 is 0 Å². The summed E-state index contributed by atoms with van der Waals surface area (Å²) in [4.78, 5) is 0. The fraction of sp³-hybridized carbons (Fsp3) is 1.00. The molecule has 0 aliphatic rings. The van der Waals surface area contributed by atoms with Gasteiger partial charge in [0.2, 0.25) is 0 Å². The lowest BCUT2D eigenvalue weighted by Gasteiger charge is -2.01. The Kier molecular flexibility index (Phi) is 20.8. The zero-order valence-electron chi connectivity index (χ0n) is 13.4. The average molecular weight is 292 g/mol. The van der Waals surface area contributed by atoms with Gasteiger partial charge in [0.05, 0.1) is 12.2 Å². The molecule has 0 aliphatic carbocycles. The monoisotopic (exact) mass is 292 g/mol. The highest BCUT2D eigenvalue weighted by atomic mass is 16.3. The molecule has 4 nitrogen and oxygen atoms in total. The number of hydrogen-bond acceptors (Lipinski definition) is 4. The van der Waals surface area contributed by atoms with Crippen LogP contribution in [-0.4, -0.2) is 45.8 Å². The molecule has 124 valence electrons. The summed E-state index contributed by atoms with van der Waals surface area (Å²) in [7, 11) is 0. The first-order valence-corrected chi connectivity index (χ1v) is 8.12. The van der Waals surface area contributed by atoms with Gasteiger partial charge in [-0.25, -0.2) is 0 Å². The average Bonchev–Trinajstić information content (AvgIpc) is 2.38. The number of unbranched alkanes of at least 4 members (excludes halogenated alkanes) is 6. The first-order chi connectivity index (χ1) is 9.54. The van der Waals surface area contributed by atoms with Crippen LogP contribution in [0.25, 0.3) is 0 Å². The zero-order valence-corrected chi connectivity index (χ0v) is 13.4. The van der Waals surface area contributed by atoms with Gasteiger partial charge in [0.1, 0.15) is 0 Å². The molecular formula is C16H36O4. The van der Waals surface area contributed by atoms with Crippen molar-refractivity contribution < 1.29 is 20.4 Å². The maximum atomic E-state index is 8.86. The Labute approximate surface area is 124 Å². The molecule has 0 aromatic rings. The number of rotatable bonds is 12. The van der Waals surface area contributed by atoms with E-state index in [9.17, 15) is 0 Å². The predicted molar refractivity (Wildman–Crippen MR) is 83.7 cm³/mol. The van der Waals surface area contributed by atoms with Crippen LogP contribution in [0.3, 0.4) is 0 Å². The summed E-state index contributed by atoms with van der Waals surface area (Å²) in [5, 5.41) is 34.6. The zero-order chi connectivity index (χ0) is 15.6. The van der Waals surface area contributed by atoms with Gasteiger partial charge in [-0.1, -0.05) is 38.5 Å². The minimum atomic E-state index is -0.158. The molecule has 0 rings (SSSR count). The maximum absolute atomic E-state index is 8.86. The molecule has 0 aromatic carbocycles. The highest BCUT2D eigenvalue weighted by Crippen LogP contribution is 2.05. The van der Waals surface area contributed by atoms with Gasteiger partial charge in [0.15, 0.2) is 0 Å². The Balaban J connectivity index is 0. The molecule has 20 heavy (non-hydrogen) atoms. The second-order valence-electron chi connectivity index (χ2n) is 5.55. The Morgan fingerprint density at radius 2 is 0.850 bits per heavy atom. The SMILES string of the molecule is CC(O)CCCCCCO.CC(O)CCCCCCO. The van der Waals surface area contributed by atoms with E-state index in [-0.39, 0.29) is 12.2 Å². The van der Waals surface area contributed by atoms with Crippen molar-refractivity contribution in [2.75, 3.05) is 13.2 Å². The van der Waals surface area contributed by atoms with E-state index in [0.29, 0.717) is 13.2 Å². The van der Waals surface area contributed by atoms with Crippen molar-refractivity contribution in [1.82, 2.24) is 0 Å². The smallest absolute Gasteiger partial charge is 0.0512 e. The highest BCUT2D eigenvalue weighted by molar-refractivity contribution is 4.49. The summed E-state index contributed by atoms with van der Waals surface area (Å²) in [6, 6.07) is 0. The number of aliphatic hydroxyl groups is 4. The molecule has 0 aliphatic heterocycles. The summed E-state index contributed by atoms with van der Waals surface area (Å²) in [5.41, 5.74) is 0. The molecule has 0 fully saturated rings. The summed E-state index contributed by atoms with van der Waals surface area (Å²) < 4.78 is 0. The van der Waals surface area contributed by atoms with Gasteiger partial charge in [-0.2, -0.15) is 0 Å². The fourth-order valence-electron chi connectivity index (χ4n) is 1.81. The van der Waals surface area contributed by atoms with E-state index in [1.165, 1.54) is 0 Å². The van der Waals surface area contributed by atoms with E-state index in [0.717, 1.165) is 64.2 Å². The van der Waals surface area contributed by atoms with E-state index in [4.69, 9.17) is 20.4 Å². The highest BCUT2D eigenvalue weighted by Gasteiger charge is 1.95. The van der Waals surface area contributed by atoms with Crippen molar-refractivity contribution in [3.8, 4) is 0 Å².